The molecule has 26 heavy (non-hydrogen) atoms. The maximum absolute atomic E-state index is 15.1. The highest BCUT2D eigenvalue weighted by atomic mass is 32.1. The number of hydrogen-bond donors (Lipinski definition) is 4. The largest absolute Gasteiger partial charge is 0.458 e. The van der Waals surface area contributed by atoms with Crippen molar-refractivity contribution < 1.29 is 30.2 Å². The summed E-state index contributed by atoms with van der Waals surface area (Å²) in [5.41, 5.74) is 5.19. The molecular formula is C15H22FN3O6S. The Morgan fingerprint density at radius 1 is 1.65 bits per heavy atom. The maximum Gasteiger partial charge on any atom is 0.323 e. The number of hydrogen-bond acceptors (Lipinski definition) is 8. The van der Waals surface area contributed by atoms with Gasteiger partial charge in [0.1, 0.15) is 18.2 Å². The van der Waals surface area contributed by atoms with Crippen molar-refractivity contribution in [1.82, 2.24) is 9.55 Å². The van der Waals surface area contributed by atoms with Crippen LogP contribution in [0.4, 0.5) is 4.39 Å². The minimum atomic E-state index is -3.09. The first kappa shape index (κ1) is 19.1. The number of aliphatic hydroxyl groups excluding tert-OH is 2. The van der Waals surface area contributed by atoms with Gasteiger partial charge in [0.15, 0.2) is 17.6 Å². The topological polar surface area (TPSA) is 140 Å². The van der Waals surface area contributed by atoms with Crippen LogP contribution in [0.15, 0.2) is 11.0 Å². The summed E-state index contributed by atoms with van der Waals surface area (Å²) in [7, 11) is 0. The average molecular weight is 392 g/mol. The van der Waals surface area contributed by atoms with Crippen LogP contribution in [0.1, 0.15) is 27.0 Å². The third-order valence-electron chi connectivity index (χ3n) is 4.03. The van der Waals surface area contributed by atoms with Crippen LogP contribution in [0.25, 0.3) is 0 Å². The average Bonchev–Trinajstić information content (AvgIpc) is 2.76. The summed E-state index contributed by atoms with van der Waals surface area (Å²) < 4.78 is 33.6. The predicted molar refractivity (Wildman–Crippen MR) is 90.4 cm³/mol. The van der Waals surface area contributed by atoms with Gasteiger partial charge in [-0.25, -0.2) is 4.39 Å². The standard InChI is InChI=1S/C15H22FN3O6S/c1-6(2)8(17)13(23)24-5-15(16)10(21)9(20)12(25-15)19-4-7(3)11(22)18-14(19)26/h4,6,8-10,12,20-21H,5,17H2,1-3H3,(H,18,22,26)/t8-,9+,10-,12+,15+/m0/s1/i12D. The number of H-pyrrole nitrogens is 1. The number of alkyl halides is 1. The maximum atomic E-state index is 15.1. The van der Waals surface area contributed by atoms with Crippen LogP contribution in [-0.4, -0.2) is 56.4 Å². The van der Waals surface area contributed by atoms with E-state index in [0.717, 1.165) is 10.8 Å². The van der Waals surface area contributed by atoms with E-state index in [1.54, 1.807) is 13.8 Å². The molecule has 5 N–H and O–H groups in total. The zero-order valence-corrected chi connectivity index (χ0v) is 15.2. The van der Waals surface area contributed by atoms with Crippen molar-refractivity contribution in [2.75, 3.05) is 6.61 Å². The molecule has 0 radical (unpaired) electrons. The Labute approximate surface area is 154 Å². The van der Waals surface area contributed by atoms with Crippen LogP contribution in [0.3, 0.4) is 0 Å². The molecule has 1 aromatic rings. The van der Waals surface area contributed by atoms with Crippen LogP contribution in [0.5, 0.6) is 0 Å². The van der Waals surface area contributed by atoms with Crippen molar-refractivity contribution in [2.45, 2.75) is 51.1 Å². The lowest BCUT2D eigenvalue weighted by Crippen LogP contribution is -2.46. The van der Waals surface area contributed by atoms with Gasteiger partial charge in [-0.1, -0.05) is 13.8 Å². The second-order valence-electron chi connectivity index (χ2n) is 6.44. The molecule has 146 valence electrons. The monoisotopic (exact) mass is 392 g/mol. The first-order valence-corrected chi connectivity index (χ1v) is 8.25. The number of aryl methyl sites for hydroxylation is 1. The van der Waals surface area contributed by atoms with Crippen LogP contribution in [0, 0.1) is 17.6 Å². The Morgan fingerprint density at radius 3 is 2.85 bits per heavy atom. The van der Waals surface area contributed by atoms with E-state index < -0.39 is 48.4 Å². The zero-order valence-electron chi connectivity index (χ0n) is 15.4. The normalized spacial score (nSPS) is 33.2. The summed E-state index contributed by atoms with van der Waals surface area (Å²) in [6.07, 6.45) is -5.84. The summed E-state index contributed by atoms with van der Waals surface area (Å²) in [6, 6.07) is -1.02. The Hall–Kier alpha value is -1.66. The molecule has 0 bridgehead atoms. The molecule has 11 heteroatoms. The number of rotatable bonds is 5. The molecule has 9 nitrogen and oxygen atoms in total. The number of aliphatic hydroxyl groups is 2. The first-order valence-electron chi connectivity index (χ1n) is 8.34. The van der Waals surface area contributed by atoms with Gasteiger partial charge in [0.2, 0.25) is 0 Å². The smallest absolute Gasteiger partial charge is 0.323 e. The van der Waals surface area contributed by atoms with Gasteiger partial charge in [0.05, 0.1) is 1.37 Å². The third kappa shape index (κ3) is 3.86. The molecule has 0 aliphatic carbocycles. The Morgan fingerprint density at radius 2 is 2.27 bits per heavy atom. The minimum absolute atomic E-state index is 0.117. The molecule has 0 amide bonds. The molecule has 0 aromatic carbocycles. The van der Waals surface area contributed by atoms with Crippen LogP contribution in [-0.2, 0) is 14.3 Å². The number of aromatic amines is 1. The molecule has 2 rings (SSSR count). The Kier molecular flexibility index (Phi) is 5.53. The van der Waals surface area contributed by atoms with Crippen LogP contribution >= 0.6 is 12.2 Å². The van der Waals surface area contributed by atoms with E-state index in [0.29, 0.717) is 0 Å². The van der Waals surface area contributed by atoms with Crippen LogP contribution in [0.2, 0.25) is 0 Å². The lowest BCUT2D eigenvalue weighted by Gasteiger charge is -2.24. The summed E-state index contributed by atoms with van der Waals surface area (Å²) in [4.78, 5) is 25.7. The van der Waals surface area contributed by atoms with E-state index in [9.17, 15) is 19.8 Å². The fourth-order valence-electron chi connectivity index (χ4n) is 2.24. The molecule has 0 spiro atoms. The minimum Gasteiger partial charge on any atom is -0.458 e. The highest BCUT2D eigenvalue weighted by Crippen LogP contribution is 2.38. The molecule has 1 fully saturated rings. The quantitative estimate of drug-likeness (QED) is 0.394. The van der Waals surface area contributed by atoms with Gasteiger partial charge in [0.25, 0.3) is 11.4 Å². The molecule has 1 saturated heterocycles. The van der Waals surface area contributed by atoms with E-state index in [4.69, 9.17) is 28.8 Å². The number of ether oxygens (including phenoxy) is 2. The molecule has 1 aliphatic rings. The van der Waals surface area contributed by atoms with Gasteiger partial charge in [-0.2, -0.15) is 0 Å². The fourth-order valence-corrected chi connectivity index (χ4v) is 2.48. The molecule has 1 aliphatic heterocycles. The molecule has 0 unspecified atom stereocenters. The molecule has 2 heterocycles. The molecule has 1 aromatic heterocycles. The number of nitrogens with zero attached hydrogens (tertiary/aromatic N) is 1. The van der Waals surface area contributed by atoms with E-state index in [1.807, 2.05) is 0 Å². The van der Waals surface area contributed by atoms with Crippen molar-refractivity contribution in [3.63, 3.8) is 0 Å². The Balaban J connectivity index is 2.31. The molecule has 5 atom stereocenters. The summed E-state index contributed by atoms with van der Waals surface area (Å²) in [6.45, 7) is 3.64. The molecule has 0 saturated carbocycles. The lowest BCUT2D eigenvalue weighted by molar-refractivity contribution is -0.217. The van der Waals surface area contributed by atoms with Crippen molar-refractivity contribution in [1.29, 1.82) is 0 Å². The predicted octanol–water partition coefficient (Wildman–Crippen LogP) is -0.343. The summed E-state index contributed by atoms with van der Waals surface area (Å²) >= 11 is 4.93. The van der Waals surface area contributed by atoms with E-state index in [1.165, 1.54) is 6.92 Å². The number of carbonyl (C=O) groups is 1. The second kappa shape index (κ2) is 7.53. The summed E-state index contributed by atoms with van der Waals surface area (Å²) in [5.74, 6) is -4.29. The SMILES string of the molecule is [2H][C@@]1(n2cc(C)c(=O)[nH]c2=S)O[C@](F)(COC(=O)[C@@H](N)C(C)C)[C@@H](O)[C@H]1O. The molecular weight excluding hydrogens is 369 g/mol. The zero-order chi connectivity index (χ0) is 20.7. The van der Waals surface area contributed by atoms with E-state index in [-0.39, 0.29) is 16.3 Å². The number of halogens is 1. The highest BCUT2D eigenvalue weighted by molar-refractivity contribution is 7.71. The van der Waals surface area contributed by atoms with Crippen molar-refractivity contribution >= 4 is 18.2 Å². The van der Waals surface area contributed by atoms with Gasteiger partial charge in [0, 0.05) is 11.8 Å². The van der Waals surface area contributed by atoms with Crippen molar-refractivity contribution in [3.05, 3.63) is 26.9 Å². The fraction of sp³-hybridized carbons (Fsp3) is 0.667. The third-order valence-corrected chi connectivity index (χ3v) is 4.33. The van der Waals surface area contributed by atoms with Gasteiger partial charge >= 0.3 is 5.97 Å². The van der Waals surface area contributed by atoms with Crippen molar-refractivity contribution in [2.24, 2.45) is 11.7 Å². The van der Waals surface area contributed by atoms with Gasteiger partial charge < -0.3 is 25.4 Å². The van der Waals surface area contributed by atoms with E-state index >= 15 is 4.39 Å². The second-order valence-corrected chi connectivity index (χ2v) is 6.82. The number of nitrogens with two attached hydrogens (primary N) is 1. The first-order chi connectivity index (χ1) is 12.3. The van der Waals surface area contributed by atoms with Gasteiger partial charge in [-0.3, -0.25) is 19.1 Å². The number of nitrogens with one attached hydrogen (secondary N) is 1. The van der Waals surface area contributed by atoms with E-state index in [2.05, 4.69) is 4.98 Å². The lowest BCUT2D eigenvalue weighted by atomic mass is 10.1. The number of carbonyl (C=O) groups excluding carboxylic acids is 1. The van der Waals surface area contributed by atoms with Crippen LogP contribution < -0.4 is 11.3 Å². The number of esters is 1. The van der Waals surface area contributed by atoms with Crippen molar-refractivity contribution in [3.8, 4) is 0 Å². The summed E-state index contributed by atoms with van der Waals surface area (Å²) in [5, 5.41) is 20.3. The van der Waals surface area contributed by atoms with Gasteiger partial charge in [-0.15, -0.1) is 0 Å². The number of aromatic nitrogens is 2. The van der Waals surface area contributed by atoms with Gasteiger partial charge in [-0.05, 0) is 25.1 Å². The highest BCUT2D eigenvalue weighted by Gasteiger charge is 2.57. The Bertz CT molecular complexity index is 848.